The van der Waals surface area contributed by atoms with Gasteiger partial charge in [0.2, 0.25) is 5.95 Å². The summed E-state index contributed by atoms with van der Waals surface area (Å²) in [6.45, 7) is 0. The third-order valence-corrected chi connectivity index (χ3v) is 2.85. The fourth-order valence-corrected chi connectivity index (χ4v) is 1.75. The molecule has 1 amide bonds. The molecule has 0 saturated carbocycles. The van der Waals surface area contributed by atoms with E-state index in [1.165, 1.54) is 24.4 Å². The van der Waals surface area contributed by atoms with E-state index in [-0.39, 0.29) is 5.56 Å². The quantitative estimate of drug-likeness (QED) is 0.864. The summed E-state index contributed by atoms with van der Waals surface area (Å²) in [5.41, 5.74) is 0.483. The number of halogens is 3. The van der Waals surface area contributed by atoms with E-state index in [0.29, 0.717) is 10.2 Å². The minimum atomic E-state index is -0.639. The Kier molecular flexibility index (Phi) is 3.66. The number of anilines is 1. The molecule has 2 aromatic rings. The van der Waals surface area contributed by atoms with Crippen LogP contribution in [0.2, 0.25) is 0 Å². The first kappa shape index (κ1) is 12.6. The van der Waals surface area contributed by atoms with Crippen LogP contribution in [0.5, 0.6) is 0 Å². The number of hydrogen-bond donors (Lipinski definition) is 1. The second-order valence-electron chi connectivity index (χ2n) is 3.45. The van der Waals surface area contributed by atoms with E-state index in [2.05, 4.69) is 26.2 Å². The van der Waals surface area contributed by atoms with Crippen LogP contribution in [-0.2, 0) is 0 Å². The highest BCUT2D eigenvalue weighted by molar-refractivity contribution is 9.10. The summed E-state index contributed by atoms with van der Waals surface area (Å²) in [4.78, 5) is 15.2. The number of hydrogen-bond acceptors (Lipinski definition) is 2. The Labute approximate surface area is 110 Å². The van der Waals surface area contributed by atoms with Crippen molar-refractivity contribution in [2.75, 3.05) is 5.32 Å². The Balaban J connectivity index is 2.21. The summed E-state index contributed by atoms with van der Waals surface area (Å²) in [7, 11) is 0. The first-order chi connectivity index (χ1) is 8.56. The third-order valence-electron chi connectivity index (χ3n) is 2.16. The van der Waals surface area contributed by atoms with Crippen molar-refractivity contribution in [3.05, 3.63) is 58.3 Å². The number of carbonyl (C=O) groups is 1. The molecule has 3 nitrogen and oxygen atoms in total. The van der Waals surface area contributed by atoms with Crippen LogP contribution in [0.15, 0.2) is 41.0 Å². The molecule has 0 spiro atoms. The van der Waals surface area contributed by atoms with E-state index in [0.717, 1.165) is 12.1 Å². The average molecular weight is 313 g/mol. The van der Waals surface area contributed by atoms with Crippen molar-refractivity contribution in [2.45, 2.75) is 0 Å². The molecule has 0 radical (unpaired) electrons. The van der Waals surface area contributed by atoms with E-state index >= 15 is 0 Å². The number of benzene rings is 1. The zero-order valence-electron chi connectivity index (χ0n) is 8.95. The lowest BCUT2D eigenvalue weighted by Gasteiger charge is -2.06. The molecule has 0 aliphatic heterocycles. The second-order valence-corrected chi connectivity index (χ2v) is 4.30. The van der Waals surface area contributed by atoms with Crippen molar-refractivity contribution in [2.24, 2.45) is 0 Å². The molecule has 0 aliphatic carbocycles. The molecule has 1 heterocycles. The summed E-state index contributed by atoms with van der Waals surface area (Å²) in [5, 5.41) is 2.49. The van der Waals surface area contributed by atoms with Crippen molar-refractivity contribution in [1.29, 1.82) is 0 Å². The topological polar surface area (TPSA) is 42.0 Å². The molecular weight excluding hydrogens is 306 g/mol. The van der Waals surface area contributed by atoms with Gasteiger partial charge >= 0.3 is 0 Å². The van der Waals surface area contributed by atoms with Gasteiger partial charge < -0.3 is 5.32 Å². The molecule has 18 heavy (non-hydrogen) atoms. The van der Waals surface area contributed by atoms with E-state index < -0.39 is 17.7 Å². The molecule has 0 saturated heterocycles. The molecule has 92 valence electrons. The van der Waals surface area contributed by atoms with Gasteiger partial charge in [-0.2, -0.15) is 4.39 Å². The van der Waals surface area contributed by atoms with Gasteiger partial charge in [-0.1, -0.05) is 0 Å². The number of rotatable bonds is 2. The van der Waals surface area contributed by atoms with Gasteiger partial charge in [-0.15, -0.1) is 0 Å². The molecule has 1 aromatic heterocycles. The van der Waals surface area contributed by atoms with Crippen LogP contribution in [0.3, 0.4) is 0 Å². The largest absolute Gasteiger partial charge is 0.321 e. The summed E-state index contributed by atoms with van der Waals surface area (Å²) >= 11 is 3.15. The lowest BCUT2D eigenvalue weighted by Crippen LogP contribution is -2.13. The van der Waals surface area contributed by atoms with Gasteiger partial charge in [-0.25, -0.2) is 9.37 Å². The molecular formula is C12H7BrF2N2O. The second kappa shape index (κ2) is 5.22. The Hall–Kier alpha value is -1.82. The maximum Gasteiger partial charge on any atom is 0.256 e. The predicted molar refractivity (Wildman–Crippen MR) is 66.2 cm³/mol. The molecule has 6 heteroatoms. The van der Waals surface area contributed by atoms with Crippen LogP contribution in [0, 0.1) is 11.8 Å². The molecule has 0 fully saturated rings. The smallest absolute Gasteiger partial charge is 0.256 e. The molecule has 0 aliphatic rings. The van der Waals surface area contributed by atoms with Crippen molar-refractivity contribution in [1.82, 2.24) is 4.98 Å². The normalized spacial score (nSPS) is 10.2. The van der Waals surface area contributed by atoms with Gasteiger partial charge in [0.15, 0.2) is 0 Å². The zero-order valence-corrected chi connectivity index (χ0v) is 10.5. The molecule has 1 N–H and O–H groups in total. The minimum absolute atomic E-state index is 0.152. The van der Waals surface area contributed by atoms with Gasteiger partial charge in [0.05, 0.1) is 17.4 Å². The van der Waals surface area contributed by atoms with Crippen LogP contribution < -0.4 is 5.32 Å². The lowest BCUT2D eigenvalue weighted by molar-refractivity contribution is 0.102. The number of carbonyl (C=O) groups excluding carboxylic acids is 1. The Bertz CT molecular complexity index is 587. The van der Waals surface area contributed by atoms with Gasteiger partial charge in [-0.05, 0) is 46.3 Å². The van der Waals surface area contributed by atoms with Crippen LogP contribution in [-0.4, -0.2) is 10.9 Å². The van der Waals surface area contributed by atoms with Gasteiger partial charge in [0, 0.05) is 4.47 Å². The molecule has 0 atom stereocenters. The van der Waals surface area contributed by atoms with Crippen LogP contribution in [0.1, 0.15) is 10.4 Å². The standard InChI is InChI=1S/C12H7BrF2N2O/c13-10-3-1-7(14)5-9(10)12(18)17-8-2-4-11(15)16-6-8/h1-6H,(H,17,18). The number of nitrogens with one attached hydrogen (secondary N) is 1. The summed E-state index contributed by atoms with van der Waals surface area (Å²) in [5.74, 6) is -1.66. The lowest BCUT2D eigenvalue weighted by atomic mass is 10.2. The van der Waals surface area contributed by atoms with E-state index in [1.54, 1.807) is 0 Å². The van der Waals surface area contributed by atoms with Crippen molar-refractivity contribution < 1.29 is 13.6 Å². The number of pyridine rings is 1. The molecule has 2 rings (SSSR count). The van der Waals surface area contributed by atoms with Crippen LogP contribution in [0.4, 0.5) is 14.5 Å². The summed E-state index contributed by atoms with van der Waals surface area (Å²) in [6, 6.07) is 6.27. The molecule has 0 unspecified atom stereocenters. The highest BCUT2D eigenvalue weighted by Crippen LogP contribution is 2.19. The zero-order chi connectivity index (χ0) is 13.1. The van der Waals surface area contributed by atoms with Gasteiger partial charge in [0.25, 0.3) is 5.91 Å². The Morgan fingerprint density at radius 2 is 2.00 bits per heavy atom. The molecule has 0 bridgehead atoms. The monoisotopic (exact) mass is 312 g/mol. The summed E-state index contributed by atoms with van der Waals surface area (Å²) < 4.78 is 26.1. The third kappa shape index (κ3) is 2.89. The fourth-order valence-electron chi connectivity index (χ4n) is 1.32. The number of aromatic nitrogens is 1. The average Bonchev–Trinajstić information content (AvgIpc) is 2.35. The number of amides is 1. The minimum Gasteiger partial charge on any atom is -0.321 e. The van der Waals surface area contributed by atoms with Crippen molar-refractivity contribution in [3.8, 4) is 0 Å². The highest BCUT2D eigenvalue weighted by Gasteiger charge is 2.11. The maximum absolute atomic E-state index is 13.0. The SMILES string of the molecule is O=C(Nc1ccc(F)nc1)c1cc(F)ccc1Br. The molecule has 1 aromatic carbocycles. The van der Waals surface area contributed by atoms with E-state index in [4.69, 9.17) is 0 Å². The first-order valence-electron chi connectivity index (χ1n) is 4.94. The Morgan fingerprint density at radius 3 is 2.67 bits per heavy atom. The fraction of sp³-hybridized carbons (Fsp3) is 0. The van der Waals surface area contributed by atoms with Crippen molar-refractivity contribution in [3.63, 3.8) is 0 Å². The van der Waals surface area contributed by atoms with Crippen LogP contribution >= 0.6 is 15.9 Å². The highest BCUT2D eigenvalue weighted by atomic mass is 79.9. The summed E-state index contributed by atoms with van der Waals surface area (Å²) in [6.07, 6.45) is 1.18. The van der Waals surface area contributed by atoms with Gasteiger partial charge in [-0.3, -0.25) is 4.79 Å². The van der Waals surface area contributed by atoms with E-state index in [9.17, 15) is 13.6 Å². The van der Waals surface area contributed by atoms with E-state index in [1.807, 2.05) is 0 Å². The van der Waals surface area contributed by atoms with Crippen molar-refractivity contribution >= 4 is 27.5 Å². The van der Waals surface area contributed by atoms with Crippen LogP contribution in [0.25, 0.3) is 0 Å². The predicted octanol–water partition coefficient (Wildman–Crippen LogP) is 3.37. The first-order valence-corrected chi connectivity index (χ1v) is 5.73. The number of nitrogens with zero attached hydrogens (tertiary/aromatic N) is 1. The maximum atomic E-state index is 13.0. The Morgan fingerprint density at radius 1 is 1.22 bits per heavy atom. The van der Waals surface area contributed by atoms with Gasteiger partial charge in [0.1, 0.15) is 5.82 Å².